The molecule has 2 heterocycles. The lowest BCUT2D eigenvalue weighted by molar-refractivity contribution is 0.121. The molecule has 1 aliphatic carbocycles. The summed E-state index contributed by atoms with van der Waals surface area (Å²) >= 11 is 0. The smallest absolute Gasteiger partial charge is 0.266 e. The van der Waals surface area contributed by atoms with E-state index in [1.54, 1.807) is 0 Å². The fourth-order valence-electron chi connectivity index (χ4n) is 2.66. The molecule has 0 spiro atoms. The Morgan fingerprint density at radius 2 is 2.06 bits per heavy atom. The van der Waals surface area contributed by atoms with Crippen LogP contribution in [0.25, 0.3) is 0 Å². The minimum Gasteiger partial charge on any atom is -0.378 e. The molecule has 2 N–H and O–H groups in total. The largest absolute Gasteiger partial charge is 0.378 e. The second-order valence-corrected chi connectivity index (χ2v) is 5.32. The van der Waals surface area contributed by atoms with Gasteiger partial charge in [0.25, 0.3) is 5.95 Å². The predicted octanol–water partition coefficient (Wildman–Crippen LogP) is 0.578. The molecule has 1 aromatic heterocycles. The van der Waals surface area contributed by atoms with Gasteiger partial charge < -0.3 is 19.9 Å². The highest BCUT2D eigenvalue weighted by Gasteiger charge is 2.37. The van der Waals surface area contributed by atoms with Crippen molar-refractivity contribution in [3.63, 3.8) is 0 Å². The van der Waals surface area contributed by atoms with Crippen molar-refractivity contribution < 1.29 is 9.26 Å². The lowest BCUT2D eigenvalue weighted by Gasteiger charge is -2.39. The number of hydrogen-bond donors (Lipinski definition) is 1. The number of hydrogen-bond acceptors (Lipinski definition) is 6. The van der Waals surface area contributed by atoms with Crippen LogP contribution < -0.4 is 10.6 Å². The highest BCUT2D eigenvalue weighted by Crippen LogP contribution is 2.42. The third-order valence-electron chi connectivity index (χ3n) is 4.12. The Hall–Kier alpha value is -1.14. The molecule has 2 fully saturated rings. The third kappa shape index (κ3) is 2.22. The van der Waals surface area contributed by atoms with Crippen molar-refractivity contribution in [1.82, 2.24) is 10.1 Å². The van der Waals surface area contributed by atoms with Gasteiger partial charge in [-0.15, -0.1) is 0 Å². The molecule has 0 bridgehead atoms. The van der Waals surface area contributed by atoms with Gasteiger partial charge >= 0.3 is 0 Å². The topological polar surface area (TPSA) is 77.4 Å². The van der Waals surface area contributed by atoms with Crippen molar-refractivity contribution in [3.05, 3.63) is 5.89 Å². The normalized spacial score (nSPS) is 22.8. The van der Waals surface area contributed by atoms with Crippen LogP contribution in [0.1, 0.15) is 25.2 Å². The van der Waals surface area contributed by atoms with Crippen LogP contribution in [0.5, 0.6) is 0 Å². The molecule has 1 aliphatic heterocycles. The van der Waals surface area contributed by atoms with E-state index >= 15 is 0 Å². The van der Waals surface area contributed by atoms with Gasteiger partial charge in [0.15, 0.2) is 0 Å². The maximum Gasteiger partial charge on any atom is 0.266 e. The molecular weight excluding hydrogens is 232 g/mol. The number of rotatable bonds is 4. The van der Waals surface area contributed by atoms with Crippen LogP contribution in [-0.4, -0.2) is 43.0 Å². The molecule has 0 atom stereocenters. The summed E-state index contributed by atoms with van der Waals surface area (Å²) in [5, 5.41) is 4.06. The Balaban J connectivity index is 1.65. The summed E-state index contributed by atoms with van der Waals surface area (Å²) in [4.78, 5) is 6.59. The number of anilines is 1. The molecule has 1 saturated heterocycles. The van der Waals surface area contributed by atoms with Gasteiger partial charge in [0.05, 0.1) is 13.2 Å². The highest BCUT2D eigenvalue weighted by molar-refractivity contribution is 5.28. The zero-order valence-electron chi connectivity index (χ0n) is 10.6. The molecule has 6 nitrogen and oxygen atoms in total. The van der Waals surface area contributed by atoms with E-state index in [0.29, 0.717) is 12.5 Å². The Morgan fingerprint density at radius 3 is 2.67 bits per heavy atom. The lowest BCUT2D eigenvalue weighted by atomic mass is 9.67. The molecule has 0 aromatic carbocycles. The molecule has 1 aromatic rings. The molecule has 0 amide bonds. The third-order valence-corrected chi connectivity index (χ3v) is 4.12. The lowest BCUT2D eigenvalue weighted by Crippen LogP contribution is -2.39. The van der Waals surface area contributed by atoms with Gasteiger partial charge in [0.1, 0.15) is 0 Å². The average molecular weight is 252 g/mol. The van der Waals surface area contributed by atoms with Crippen molar-refractivity contribution in [3.8, 4) is 0 Å². The van der Waals surface area contributed by atoms with Crippen LogP contribution in [-0.2, 0) is 11.2 Å². The number of aromatic nitrogens is 2. The second kappa shape index (κ2) is 4.85. The van der Waals surface area contributed by atoms with Gasteiger partial charge in [0, 0.05) is 19.5 Å². The number of nitrogens with zero attached hydrogens (tertiary/aromatic N) is 3. The Bertz CT molecular complexity index is 391. The molecule has 3 rings (SSSR count). The van der Waals surface area contributed by atoms with Gasteiger partial charge in [-0.05, 0) is 30.0 Å². The minimum atomic E-state index is 0.217. The van der Waals surface area contributed by atoms with Crippen molar-refractivity contribution in [2.75, 3.05) is 37.7 Å². The maximum absolute atomic E-state index is 5.85. The van der Waals surface area contributed by atoms with Crippen molar-refractivity contribution >= 4 is 5.95 Å². The van der Waals surface area contributed by atoms with Crippen LogP contribution >= 0.6 is 0 Å². The van der Waals surface area contributed by atoms with Crippen LogP contribution in [0.15, 0.2) is 4.52 Å². The van der Waals surface area contributed by atoms with Gasteiger partial charge in [-0.1, -0.05) is 6.42 Å². The summed E-state index contributed by atoms with van der Waals surface area (Å²) in [6.07, 6.45) is 4.44. The van der Waals surface area contributed by atoms with Crippen LogP contribution in [0.4, 0.5) is 5.95 Å². The number of ether oxygens (including phenoxy) is 1. The van der Waals surface area contributed by atoms with E-state index in [-0.39, 0.29) is 5.41 Å². The van der Waals surface area contributed by atoms with Gasteiger partial charge in [-0.3, -0.25) is 0 Å². The first-order valence-electron chi connectivity index (χ1n) is 6.67. The zero-order chi connectivity index (χ0) is 12.4. The van der Waals surface area contributed by atoms with Crippen molar-refractivity contribution in [2.45, 2.75) is 25.7 Å². The quantitative estimate of drug-likeness (QED) is 0.844. The average Bonchev–Trinajstić information content (AvgIpc) is 2.83. The minimum absolute atomic E-state index is 0.217. The first kappa shape index (κ1) is 11.9. The summed E-state index contributed by atoms with van der Waals surface area (Å²) in [7, 11) is 0. The maximum atomic E-state index is 5.85. The van der Waals surface area contributed by atoms with Gasteiger partial charge in [0.2, 0.25) is 5.89 Å². The van der Waals surface area contributed by atoms with Crippen molar-refractivity contribution in [1.29, 1.82) is 0 Å². The van der Waals surface area contributed by atoms with Crippen LogP contribution in [0, 0.1) is 5.41 Å². The van der Waals surface area contributed by atoms with Crippen LogP contribution in [0.3, 0.4) is 0 Å². The first-order chi connectivity index (χ1) is 8.81. The fourth-order valence-corrected chi connectivity index (χ4v) is 2.66. The standard InChI is InChI=1S/C12H20N4O2/c13-9-12(2-1-3-12)8-10-14-11(15-18-10)16-4-6-17-7-5-16/h1-9,13H2. The molecule has 2 aliphatic rings. The molecule has 1 saturated carbocycles. The first-order valence-corrected chi connectivity index (χ1v) is 6.67. The van der Waals surface area contributed by atoms with Crippen LogP contribution in [0.2, 0.25) is 0 Å². The SMILES string of the molecule is NCC1(Cc2nc(N3CCOCC3)no2)CCC1. The van der Waals surface area contributed by atoms with E-state index in [4.69, 9.17) is 15.0 Å². The monoisotopic (exact) mass is 252 g/mol. The van der Waals surface area contributed by atoms with E-state index < -0.39 is 0 Å². The van der Waals surface area contributed by atoms with E-state index in [1.807, 2.05) is 0 Å². The fraction of sp³-hybridized carbons (Fsp3) is 0.833. The number of morpholine rings is 1. The second-order valence-electron chi connectivity index (χ2n) is 5.32. The summed E-state index contributed by atoms with van der Waals surface area (Å²) < 4.78 is 10.7. The number of nitrogens with two attached hydrogens (primary N) is 1. The highest BCUT2D eigenvalue weighted by atomic mass is 16.5. The van der Waals surface area contributed by atoms with E-state index in [2.05, 4.69) is 15.0 Å². The zero-order valence-corrected chi connectivity index (χ0v) is 10.6. The molecule has 100 valence electrons. The Labute approximate surface area is 106 Å². The van der Waals surface area contributed by atoms with Gasteiger partial charge in [-0.25, -0.2) is 0 Å². The van der Waals surface area contributed by atoms with Gasteiger partial charge in [-0.2, -0.15) is 4.98 Å². The molecule has 0 unspecified atom stereocenters. The Morgan fingerprint density at radius 1 is 1.28 bits per heavy atom. The Kier molecular flexibility index (Phi) is 3.22. The predicted molar refractivity (Wildman–Crippen MR) is 66.4 cm³/mol. The molecule has 6 heteroatoms. The van der Waals surface area contributed by atoms with E-state index in [1.165, 1.54) is 19.3 Å². The summed E-state index contributed by atoms with van der Waals surface area (Å²) in [6, 6.07) is 0. The molecule has 0 radical (unpaired) electrons. The summed E-state index contributed by atoms with van der Waals surface area (Å²) in [6.45, 7) is 3.84. The molecular formula is C12H20N4O2. The summed E-state index contributed by atoms with van der Waals surface area (Å²) in [5.41, 5.74) is 6.07. The molecule has 18 heavy (non-hydrogen) atoms. The van der Waals surface area contributed by atoms with Crippen molar-refractivity contribution in [2.24, 2.45) is 11.1 Å². The summed E-state index contributed by atoms with van der Waals surface area (Å²) in [5.74, 6) is 1.42. The van der Waals surface area contributed by atoms with E-state index in [0.717, 1.165) is 38.6 Å². The van der Waals surface area contributed by atoms with E-state index in [9.17, 15) is 0 Å².